The Balaban J connectivity index is 2.70. The molecule has 0 aliphatic carbocycles. The first-order chi connectivity index (χ1) is 7.56. The van der Waals surface area contributed by atoms with Gasteiger partial charge in [-0.15, -0.1) is 0 Å². The molecule has 2 nitrogen and oxygen atoms in total. The Bertz CT molecular complexity index is 327. The summed E-state index contributed by atoms with van der Waals surface area (Å²) in [5.41, 5.74) is 0.670. The van der Waals surface area contributed by atoms with Crippen LogP contribution in [-0.4, -0.2) is 29.7 Å². The predicted octanol–water partition coefficient (Wildman–Crippen LogP) is 2.27. The third kappa shape index (κ3) is 3.29. The zero-order valence-corrected chi connectivity index (χ0v) is 10.2. The Morgan fingerprint density at radius 2 is 1.94 bits per heavy atom. The molecular weight excluding hydrogens is 205 g/mol. The number of aliphatic hydroxyl groups is 1. The fourth-order valence-corrected chi connectivity index (χ4v) is 1.87. The van der Waals surface area contributed by atoms with Crippen LogP contribution in [0.25, 0.3) is 0 Å². The molecular formula is C13H20FNO. The van der Waals surface area contributed by atoms with E-state index in [1.165, 1.54) is 6.07 Å². The van der Waals surface area contributed by atoms with Gasteiger partial charge in [-0.05, 0) is 19.0 Å². The molecule has 1 unspecified atom stereocenters. The van der Waals surface area contributed by atoms with Crippen LogP contribution in [-0.2, 0) is 6.54 Å². The molecule has 1 rings (SSSR count). The zero-order chi connectivity index (χ0) is 12.1. The van der Waals surface area contributed by atoms with E-state index in [0.717, 1.165) is 0 Å². The van der Waals surface area contributed by atoms with Gasteiger partial charge in [0, 0.05) is 18.2 Å². The largest absolute Gasteiger partial charge is 0.395 e. The van der Waals surface area contributed by atoms with Crippen LogP contribution in [0, 0.1) is 11.7 Å². The Morgan fingerprint density at radius 1 is 1.31 bits per heavy atom. The van der Waals surface area contributed by atoms with Crippen molar-refractivity contribution in [3.8, 4) is 0 Å². The van der Waals surface area contributed by atoms with Gasteiger partial charge in [-0.2, -0.15) is 0 Å². The summed E-state index contributed by atoms with van der Waals surface area (Å²) in [4.78, 5) is 1.99. The summed E-state index contributed by atoms with van der Waals surface area (Å²) in [5, 5.41) is 9.28. The SMILES string of the molecule is CC(C)C(CO)N(C)Cc1ccccc1F. The maximum absolute atomic E-state index is 13.4. The average molecular weight is 225 g/mol. The van der Waals surface area contributed by atoms with E-state index in [-0.39, 0.29) is 18.5 Å². The number of hydrogen-bond donors (Lipinski definition) is 1. The van der Waals surface area contributed by atoms with E-state index in [1.54, 1.807) is 12.1 Å². The van der Waals surface area contributed by atoms with Crippen molar-refractivity contribution >= 4 is 0 Å². The normalized spacial score (nSPS) is 13.4. The van der Waals surface area contributed by atoms with Crippen LogP contribution in [0.3, 0.4) is 0 Å². The van der Waals surface area contributed by atoms with Crippen LogP contribution >= 0.6 is 0 Å². The number of aliphatic hydroxyl groups excluding tert-OH is 1. The molecule has 16 heavy (non-hydrogen) atoms. The molecule has 1 aromatic rings. The van der Waals surface area contributed by atoms with Crippen molar-refractivity contribution in [1.82, 2.24) is 4.90 Å². The maximum Gasteiger partial charge on any atom is 0.127 e. The van der Waals surface area contributed by atoms with Crippen LogP contribution in [0.4, 0.5) is 4.39 Å². The van der Waals surface area contributed by atoms with Crippen molar-refractivity contribution in [2.24, 2.45) is 5.92 Å². The van der Waals surface area contributed by atoms with E-state index in [1.807, 2.05) is 18.0 Å². The monoisotopic (exact) mass is 225 g/mol. The number of likely N-dealkylation sites (N-methyl/N-ethyl adjacent to an activating group) is 1. The van der Waals surface area contributed by atoms with Gasteiger partial charge in [0.1, 0.15) is 5.82 Å². The van der Waals surface area contributed by atoms with E-state index < -0.39 is 0 Å². The van der Waals surface area contributed by atoms with E-state index in [2.05, 4.69) is 13.8 Å². The highest BCUT2D eigenvalue weighted by Crippen LogP contribution is 2.14. The maximum atomic E-state index is 13.4. The predicted molar refractivity (Wildman–Crippen MR) is 63.6 cm³/mol. The fourth-order valence-electron chi connectivity index (χ4n) is 1.87. The van der Waals surface area contributed by atoms with Crippen LogP contribution in [0.15, 0.2) is 24.3 Å². The van der Waals surface area contributed by atoms with Crippen molar-refractivity contribution in [3.63, 3.8) is 0 Å². The van der Waals surface area contributed by atoms with Gasteiger partial charge < -0.3 is 5.11 Å². The summed E-state index contributed by atoms with van der Waals surface area (Å²) < 4.78 is 13.4. The average Bonchev–Trinajstić information content (AvgIpc) is 2.22. The Kier molecular flexibility index (Phi) is 4.90. The van der Waals surface area contributed by atoms with Gasteiger partial charge in [0.15, 0.2) is 0 Å². The summed E-state index contributed by atoms with van der Waals surface area (Å²) in [7, 11) is 1.91. The molecule has 0 aromatic heterocycles. The Hall–Kier alpha value is -0.930. The summed E-state index contributed by atoms with van der Waals surface area (Å²) in [6.07, 6.45) is 0. The molecule has 0 saturated carbocycles. The summed E-state index contributed by atoms with van der Waals surface area (Å²) in [5.74, 6) is 0.163. The second-order valence-corrected chi connectivity index (χ2v) is 4.50. The third-order valence-electron chi connectivity index (χ3n) is 2.90. The van der Waals surface area contributed by atoms with Crippen molar-refractivity contribution < 1.29 is 9.50 Å². The number of nitrogens with zero attached hydrogens (tertiary/aromatic N) is 1. The van der Waals surface area contributed by atoms with E-state index in [0.29, 0.717) is 18.0 Å². The van der Waals surface area contributed by atoms with E-state index in [9.17, 15) is 9.50 Å². The lowest BCUT2D eigenvalue weighted by Gasteiger charge is -2.29. The first kappa shape index (κ1) is 13.1. The molecule has 0 amide bonds. The molecule has 0 radical (unpaired) electrons. The highest BCUT2D eigenvalue weighted by molar-refractivity contribution is 5.17. The van der Waals surface area contributed by atoms with Crippen LogP contribution < -0.4 is 0 Å². The number of hydrogen-bond acceptors (Lipinski definition) is 2. The molecule has 0 spiro atoms. The molecule has 0 aliphatic rings. The van der Waals surface area contributed by atoms with Gasteiger partial charge in [0.25, 0.3) is 0 Å². The Labute approximate surface area is 96.7 Å². The summed E-state index contributed by atoms with van der Waals surface area (Å²) in [6.45, 7) is 4.73. The van der Waals surface area contributed by atoms with Crippen molar-refractivity contribution in [2.75, 3.05) is 13.7 Å². The molecule has 0 heterocycles. The zero-order valence-electron chi connectivity index (χ0n) is 10.2. The van der Waals surface area contributed by atoms with Gasteiger partial charge in [-0.3, -0.25) is 4.90 Å². The first-order valence-corrected chi connectivity index (χ1v) is 5.60. The molecule has 0 saturated heterocycles. The fraction of sp³-hybridized carbons (Fsp3) is 0.538. The topological polar surface area (TPSA) is 23.5 Å². The van der Waals surface area contributed by atoms with Crippen LogP contribution in [0.5, 0.6) is 0 Å². The molecule has 3 heteroatoms. The highest BCUT2D eigenvalue weighted by atomic mass is 19.1. The third-order valence-corrected chi connectivity index (χ3v) is 2.90. The lowest BCUT2D eigenvalue weighted by Crippen LogP contribution is -2.38. The quantitative estimate of drug-likeness (QED) is 0.831. The van der Waals surface area contributed by atoms with E-state index >= 15 is 0 Å². The number of benzene rings is 1. The van der Waals surface area contributed by atoms with Gasteiger partial charge >= 0.3 is 0 Å². The van der Waals surface area contributed by atoms with Gasteiger partial charge in [0.05, 0.1) is 6.61 Å². The Morgan fingerprint density at radius 3 is 2.44 bits per heavy atom. The van der Waals surface area contributed by atoms with Gasteiger partial charge in [-0.1, -0.05) is 32.0 Å². The summed E-state index contributed by atoms with van der Waals surface area (Å²) >= 11 is 0. The lowest BCUT2D eigenvalue weighted by molar-refractivity contribution is 0.107. The minimum absolute atomic E-state index is 0.0691. The van der Waals surface area contributed by atoms with E-state index in [4.69, 9.17) is 0 Å². The molecule has 1 atom stereocenters. The van der Waals surface area contributed by atoms with Crippen molar-refractivity contribution in [3.05, 3.63) is 35.6 Å². The smallest absolute Gasteiger partial charge is 0.127 e. The number of halogens is 1. The molecule has 90 valence electrons. The molecule has 1 N–H and O–H groups in total. The number of rotatable bonds is 5. The minimum Gasteiger partial charge on any atom is -0.395 e. The van der Waals surface area contributed by atoms with Gasteiger partial charge in [-0.25, -0.2) is 4.39 Å². The van der Waals surface area contributed by atoms with Gasteiger partial charge in [0.2, 0.25) is 0 Å². The van der Waals surface area contributed by atoms with Crippen LogP contribution in [0.2, 0.25) is 0 Å². The first-order valence-electron chi connectivity index (χ1n) is 5.60. The minimum atomic E-state index is -0.185. The molecule has 0 bridgehead atoms. The van der Waals surface area contributed by atoms with Crippen LogP contribution in [0.1, 0.15) is 19.4 Å². The second kappa shape index (κ2) is 5.97. The summed E-state index contributed by atoms with van der Waals surface area (Å²) in [6, 6.07) is 6.83. The molecule has 0 aliphatic heterocycles. The molecule has 1 aromatic carbocycles. The molecule has 0 fully saturated rings. The van der Waals surface area contributed by atoms with Crippen molar-refractivity contribution in [1.29, 1.82) is 0 Å². The lowest BCUT2D eigenvalue weighted by atomic mass is 10.0. The highest BCUT2D eigenvalue weighted by Gasteiger charge is 2.18. The standard InChI is InChI=1S/C13H20FNO/c1-10(2)13(9-16)15(3)8-11-6-4-5-7-12(11)14/h4-7,10,13,16H,8-9H2,1-3H3. The van der Waals surface area contributed by atoms with Crippen molar-refractivity contribution in [2.45, 2.75) is 26.4 Å². The second-order valence-electron chi connectivity index (χ2n) is 4.50.